The smallest absolute Gasteiger partial charge is 0.353 e. The number of rotatable bonds is 4. The van der Waals surface area contributed by atoms with Gasteiger partial charge in [-0.05, 0) is 24.1 Å². The predicted octanol–water partition coefficient (Wildman–Crippen LogP) is 4.65. The molecular formula is C16H17ClF3IN4S. The third-order valence-corrected chi connectivity index (χ3v) is 4.95. The molecule has 1 aliphatic carbocycles. The van der Waals surface area contributed by atoms with E-state index in [0.717, 1.165) is 28.7 Å². The average Bonchev–Trinajstić information content (AvgIpc) is 3.14. The van der Waals surface area contributed by atoms with E-state index in [2.05, 4.69) is 20.6 Å². The van der Waals surface area contributed by atoms with E-state index in [4.69, 9.17) is 11.6 Å². The summed E-state index contributed by atoms with van der Waals surface area (Å²) in [4.78, 5) is 7.70. The van der Waals surface area contributed by atoms with Crippen LogP contribution in [0.4, 0.5) is 13.2 Å². The lowest BCUT2D eigenvalue weighted by atomic mass is 10.1. The fourth-order valence-corrected chi connectivity index (χ4v) is 3.45. The molecule has 3 rings (SSSR count). The van der Waals surface area contributed by atoms with Gasteiger partial charge in [-0.3, -0.25) is 4.99 Å². The van der Waals surface area contributed by atoms with E-state index in [1.54, 1.807) is 7.05 Å². The molecule has 142 valence electrons. The maximum Gasteiger partial charge on any atom is 0.434 e. The summed E-state index contributed by atoms with van der Waals surface area (Å²) in [5.41, 5.74) is 0.302. The third-order valence-electron chi connectivity index (χ3n) is 3.86. The van der Waals surface area contributed by atoms with Crippen molar-refractivity contribution in [1.29, 1.82) is 0 Å². The highest BCUT2D eigenvalue weighted by molar-refractivity contribution is 14.0. The summed E-state index contributed by atoms with van der Waals surface area (Å²) in [6.07, 6.45) is -3.45. The van der Waals surface area contributed by atoms with Gasteiger partial charge in [0, 0.05) is 29.4 Å². The van der Waals surface area contributed by atoms with Crippen molar-refractivity contribution in [3.8, 4) is 0 Å². The van der Waals surface area contributed by atoms with E-state index < -0.39 is 11.9 Å². The van der Waals surface area contributed by atoms with Crippen LogP contribution in [0.15, 0.2) is 34.6 Å². The number of hydrogen-bond acceptors (Lipinski definition) is 3. The number of alkyl halides is 3. The van der Waals surface area contributed by atoms with Crippen LogP contribution in [-0.4, -0.2) is 24.0 Å². The molecule has 1 aromatic heterocycles. The number of hydrogen-bond donors (Lipinski definition) is 2. The second-order valence-corrected chi connectivity index (χ2v) is 7.08. The van der Waals surface area contributed by atoms with Crippen molar-refractivity contribution >= 4 is 52.9 Å². The van der Waals surface area contributed by atoms with Crippen LogP contribution in [0.5, 0.6) is 0 Å². The van der Waals surface area contributed by atoms with Gasteiger partial charge >= 0.3 is 6.18 Å². The molecule has 1 fully saturated rings. The summed E-state index contributed by atoms with van der Waals surface area (Å²) in [5, 5.41) is 8.34. The fourth-order valence-electron chi connectivity index (χ4n) is 2.51. The Kier molecular flexibility index (Phi) is 7.14. The molecule has 2 N–H and O–H groups in total. The lowest BCUT2D eigenvalue weighted by Gasteiger charge is -2.11. The van der Waals surface area contributed by atoms with E-state index in [1.807, 2.05) is 24.3 Å². The standard InChI is InChI=1S/C16H16ClF3N4S.HI/c1-21-15(22-7-14-24-13(8-25-14)16(18,19)20)23-12-6-11(12)9-3-2-4-10(17)5-9;/h2-5,8,11-12H,6-7H2,1H3,(H2,21,22,23);1H. The number of guanidine groups is 1. The van der Waals surface area contributed by atoms with E-state index >= 15 is 0 Å². The van der Waals surface area contributed by atoms with E-state index in [-0.39, 0.29) is 36.6 Å². The van der Waals surface area contributed by atoms with Gasteiger partial charge in [-0.25, -0.2) is 4.98 Å². The molecule has 0 aliphatic heterocycles. The van der Waals surface area contributed by atoms with Gasteiger partial charge in [-0.15, -0.1) is 35.3 Å². The number of aliphatic imine (C=N–C) groups is 1. The summed E-state index contributed by atoms with van der Waals surface area (Å²) in [5.74, 6) is 0.896. The van der Waals surface area contributed by atoms with Gasteiger partial charge in [-0.1, -0.05) is 23.7 Å². The second kappa shape index (κ2) is 8.75. The maximum atomic E-state index is 12.6. The zero-order valence-corrected chi connectivity index (χ0v) is 17.6. The molecule has 1 aromatic carbocycles. The fraction of sp³-hybridized carbons (Fsp3) is 0.375. The van der Waals surface area contributed by atoms with Crippen LogP contribution in [0, 0.1) is 0 Å². The van der Waals surface area contributed by atoms with Crippen LogP contribution in [0.2, 0.25) is 5.02 Å². The number of aromatic nitrogens is 1. The highest BCUT2D eigenvalue weighted by Gasteiger charge is 2.39. The molecule has 26 heavy (non-hydrogen) atoms. The minimum absolute atomic E-state index is 0. The first-order valence-electron chi connectivity index (χ1n) is 7.61. The zero-order chi connectivity index (χ0) is 18.0. The minimum atomic E-state index is -4.41. The van der Waals surface area contributed by atoms with Crippen molar-refractivity contribution in [3.63, 3.8) is 0 Å². The zero-order valence-electron chi connectivity index (χ0n) is 13.7. The Labute approximate surface area is 175 Å². The van der Waals surface area contributed by atoms with Gasteiger partial charge in [0.15, 0.2) is 11.7 Å². The topological polar surface area (TPSA) is 49.3 Å². The summed E-state index contributed by atoms with van der Waals surface area (Å²) >= 11 is 6.98. The average molecular weight is 517 g/mol. The molecule has 2 aromatic rings. The molecule has 10 heteroatoms. The van der Waals surface area contributed by atoms with Crippen LogP contribution in [-0.2, 0) is 12.7 Å². The van der Waals surface area contributed by atoms with Crippen molar-refractivity contribution < 1.29 is 13.2 Å². The molecule has 2 unspecified atom stereocenters. The Hall–Kier alpha value is -1.07. The van der Waals surface area contributed by atoms with E-state index in [9.17, 15) is 13.2 Å². The van der Waals surface area contributed by atoms with Gasteiger partial charge in [0.1, 0.15) is 5.01 Å². The first-order valence-corrected chi connectivity index (χ1v) is 8.87. The van der Waals surface area contributed by atoms with Gasteiger partial charge < -0.3 is 10.6 Å². The third kappa shape index (κ3) is 5.46. The SMILES string of the molecule is CN=C(NCc1nc(C(F)(F)F)cs1)NC1CC1c1cccc(Cl)c1.I. The maximum absolute atomic E-state index is 12.6. The summed E-state index contributed by atoms with van der Waals surface area (Å²) < 4.78 is 37.7. The van der Waals surface area contributed by atoms with Gasteiger partial charge in [0.05, 0.1) is 6.54 Å². The molecule has 0 bridgehead atoms. The van der Waals surface area contributed by atoms with Gasteiger partial charge in [-0.2, -0.15) is 13.2 Å². The molecule has 1 saturated carbocycles. The van der Waals surface area contributed by atoms with Gasteiger partial charge in [0.25, 0.3) is 0 Å². The van der Waals surface area contributed by atoms with E-state index in [0.29, 0.717) is 21.9 Å². The molecule has 0 radical (unpaired) electrons. The van der Waals surface area contributed by atoms with Crippen LogP contribution in [0.25, 0.3) is 0 Å². The first-order chi connectivity index (χ1) is 11.9. The van der Waals surface area contributed by atoms with Gasteiger partial charge in [0.2, 0.25) is 0 Å². The number of nitrogens with one attached hydrogen (secondary N) is 2. The normalized spacial score (nSPS) is 19.7. The summed E-state index contributed by atoms with van der Waals surface area (Å²) in [7, 11) is 1.62. The van der Waals surface area contributed by atoms with Crippen molar-refractivity contribution in [1.82, 2.24) is 15.6 Å². The molecule has 0 spiro atoms. The Morgan fingerprint density at radius 1 is 1.42 bits per heavy atom. The van der Waals surface area contributed by atoms with Crippen molar-refractivity contribution in [3.05, 3.63) is 50.9 Å². The quantitative estimate of drug-likeness (QED) is 0.353. The van der Waals surface area contributed by atoms with Crippen LogP contribution in [0.1, 0.15) is 28.6 Å². The predicted molar refractivity (Wildman–Crippen MR) is 108 cm³/mol. The van der Waals surface area contributed by atoms with Crippen molar-refractivity contribution in [2.24, 2.45) is 4.99 Å². The summed E-state index contributed by atoms with van der Waals surface area (Å²) in [6, 6.07) is 7.95. The molecule has 0 amide bonds. The van der Waals surface area contributed by atoms with Crippen molar-refractivity contribution in [2.75, 3.05) is 7.05 Å². The Morgan fingerprint density at radius 3 is 2.81 bits per heavy atom. The number of nitrogens with zero attached hydrogens (tertiary/aromatic N) is 2. The summed E-state index contributed by atoms with van der Waals surface area (Å²) in [6.45, 7) is 0.189. The highest BCUT2D eigenvalue weighted by Crippen LogP contribution is 2.41. The number of benzene rings is 1. The molecule has 1 heterocycles. The Bertz CT molecular complexity index is 781. The van der Waals surface area contributed by atoms with E-state index in [1.165, 1.54) is 0 Å². The molecule has 1 aliphatic rings. The molecule has 4 nitrogen and oxygen atoms in total. The number of halogens is 5. The Morgan fingerprint density at radius 2 is 2.19 bits per heavy atom. The van der Waals surface area contributed by atoms with Crippen molar-refractivity contribution in [2.45, 2.75) is 31.1 Å². The Balaban J connectivity index is 0.00000243. The number of thiazole rings is 1. The van der Waals surface area contributed by atoms with Crippen LogP contribution < -0.4 is 10.6 Å². The van der Waals surface area contributed by atoms with Crippen LogP contribution in [0.3, 0.4) is 0 Å². The monoisotopic (exact) mass is 516 g/mol. The largest absolute Gasteiger partial charge is 0.434 e. The first kappa shape index (κ1) is 21.2. The lowest BCUT2D eigenvalue weighted by molar-refractivity contribution is -0.140. The van der Waals surface area contributed by atoms with Crippen LogP contribution >= 0.6 is 46.9 Å². The second-order valence-electron chi connectivity index (χ2n) is 5.70. The minimum Gasteiger partial charge on any atom is -0.353 e. The molecule has 2 atom stereocenters. The molecule has 0 saturated heterocycles. The highest BCUT2D eigenvalue weighted by atomic mass is 127. The lowest BCUT2D eigenvalue weighted by Crippen LogP contribution is -2.38. The molecular weight excluding hydrogens is 500 g/mol.